The Morgan fingerprint density at radius 3 is 2.46 bits per heavy atom. The summed E-state index contributed by atoms with van der Waals surface area (Å²) in [5, 5.41) is 6.18. The quantitative estimate of drug-likeness (QED) is 0.663. The number of amides is 1. The van der Waals surface area contributed by atoms with Crippen molar-refractivity contribution in [3.05, 3.63) is 41.3 Å². The first-order valence-corrected chi connectivity index (χ1v) is 10.1. The second-order valence-corrected chi connectivity index (χ2v) is 7.88. The van der Waals surface area contributed by atoms with Gasteiger partial charge in [-0.3, -0.25) is 4.79 Å². The van der Waals surface area contributed by atoms with Gasteiger partial charge in [-0.2, -0.15) is 4.31 Å². The highest BCUT2D eigenvalue weighted by molar-refractivity contribution is 7.89. The standard InChI is InChI=1S/C18H23N3O6S/c1-5-21(6-2)28(24,25)15-9-7-8-14(10-15)19-16(22)11-26-18(23)17-12(3)20-27-13(17)4/h7-10H,5-6,11H2,1-4H3,(H,19,22). The highest BCUT2D eigenvalue weighted by Crippen LogP contribution is 2.19. The fourth-order valence-corrected chi connectivity index (χ4v) is 4.13. The maximum atomic E-state index is 12.6. The molecular weight excluding hydrogens is 386 g/mol. The lowest BCUT2D eigenvalue weighted by molar-refractivity contribution is -0.119. The zero-order valence-corrected chi connectivity index (χ0v) is 17.0. The van der Waals surface area contributed by atoms with Gasteiger partial charge in [0, 0.05) is 18.8 Å². The minimum Gasteiger partial charge on any atom is -0.452 e. The van der Waals surface area contributed by atoms with Crippen molar-refractivity contribution >= 4 is 27.6 Å². The van der Waals surface area contributed by atoms with Crippen LogP contribution >= 0.6 is 0 Å². The van der Waals surface area contributed by atoms with Crippen molar-refractivity contribution in [2.75, 3.05) is 25.0 Å². The summed E-state index contributed by atoms with van der Waals surface area (Å²) in [5.41, 5.74) is 0.837. The third-order valence-corrected chi connectivity index (χ3v) is 6.08. The second kappa shape index (κ2) is 8.98. The minimum atomic E-state index is -3.65. The van der Waals surface area contributed by atoms with Gasteiger partial charge in [0.05, 0.1) is 10.6 Å². The summed E-state index contributed by atoms with van der Waals surface area (Å²) in [6.07, 6.45) is 0. The molecule has 28 heavy (non-hydrogen) atoms. The zero-order valence-electron chi connectivity index (χ0n) is 16.2. The van der Waals surface area contributed by atoms with Crippen molar-refractivity contribution < 1.29 is 27.3 Å². The number of nitrogens with one attached hydrogen (secondary N) is 1. The number of hydrogen-bond acceptors (Lipinski definition) is 7. The smallest absolute Gasteiger partial charge is 0.344 e. The Hall–Kier alpha value is -2.72. The predicted molar refractivity (Wildman–Crippen MR) is 101 cm³/mol. The van der Waals surface area contributed by atoms with Gasteiger partial charge < -0.3 is 14.6 Å². The number of ether oxygens (including phenoxy) is 1. The van der Waals surface area contributed by atoms with Gasteiger partial charge in [0.1, 0.15) is 11.3 Å². The first-order valence-electron chi connectivity index (χ1n) is 8.70. The van der Waals surface area contributed by atoms with E-state index in [-0.39, 0.29) is 16.1 Å². The molecule has 0 aliphatic carbocycles. The van der Waals surface area contributed by atoms with Gasteiger partial charge in [0.15, 0.2) is 6.61 Å². The molecule has 0 fully saturated rings. The highest BCUT2D eigenvalue weighted by Gasteiger charge is 2.22. The average Bonchev–Trinajstić information content (AvgIpc) is 2.99. The van der Waals surface area contributed by atoms with E-state index in [0.29, 0.717) is 24.5 Å². The van der Waals surface area contributed by atoms with E-state index in [1.807, 2.05) is 0 Å². The number of nitrogens with zero attached hydrogens (tertiary/aromatic N) is 2. The monoisotopic (exact) mass is 409 g/mol. The molecule has 1 heterocycles. The van der Waals surface area contributed by atoms with Gasteiger partial charge in [-0.05, 0) is 32.0 Å². The molecule has 0 aliphatic heterocycles. The fraction of sp³-hybridized carbons (Fsp3) is 0.389. The Kier molecular flexibility index (Phi) is 6.92. The number of carbonyl (C=O) groups is 2. The van der Waals surface area contributed by atoms with E-state index in [2.05, 4.69) is 10.5 Å². The molecule has 1 aromatic heterocycles. The van der Waals surface area contributed by atoms with Crippen LogP contribution in [0.2, 0.25) is 0 Å². The predicted octanol–water partition coefficient (Wildman–Crippen LogP) is 2.12. The van der Waals surface area contributed by atoms with Crippen LogP contribution in [0.15, 0.2) is 33.7 Å². The van der Waals surface area contributed by atoms with Gasteiger partial charge in [0.2, 0.25) is 10.0 Å². The number of hydrogen-bond donors (Lipinski definition) is 1. The molecule has 9 nitrogen and oxygen atoms in total. The molecule has 0 atom stereocenters. The Labute approximate surface area is 163 Å². The molecule has 0 saturated heterocycles. The van der Waals surface area contributed by atoms with Crippen LogP contribution in [0.4, 0.5) is 5.69 Å². The van der Waals surface area contributed by atoms with Crippen molar-refractivity contribution in [2.45, 2.75) is 32.6 Å². The third kappa shape index (κ3) is 4.76. The zero-order chi connectivity index (χ0) is 20.9. The molecular formula is C18H23N3O6S. The van der Waals surface area contributed by atoms with Crippen molar-refractivity contribution in [2.24, 2.45) is 0 Å². The Balaban J connectivity index is 2.04. The Morgan fingerprint density at radius 2 is 1.89 bits per heavy atom. The number of aromatic nitrogens is 1. The van der Waals surface area contributed by atoms with Gasteiger partial charge in [-0.1, -0.05) is 25.1 Å². The van der Waals surface area contributed by atoms with E-state index in [0.717, 1.165) is 0 Å². The van der Waals surface area contributed by atoms with Crippen LogP contribution in [0.5, 0.6) is 0 Å². The fourth-order valence-electron chi connectivity index (χ4n) is 2.62. The Bertz CT molecular complexity index is 944. The number of carbonyl (C=O) groups excluding carboxylic acids is 2. The van der Waals surface area contributed by atoms with Crippen LogP contribution in [0.25, 0.3) is 0 Å². The number of rotatable bonds is 8. The molecule has 10 heteroatoms. The second-order valence-electron chi connectivity index (χ2n) is 5.94. The van der Waals surface area contributed by atoms with Crippen molar-refractivity contribution in [3.8, 4) is 0 Å². The number of sulfonamides is 1. The van der Waals surface area contributed by atoms with Crippen LogP contribution in [0, 0.1) is 13.8 Å². The van der Waals surface area contributed by atoms with Crippen molar-refractivity contribution in [1.29, 1.82) is 0 Å². The van der Waals surface area contributed by atoms with Crippen LogP contribution in [0.3, 0.4) is 0 Å². The van der Waals surface area contributed by atoms with Gasteiger partial charge in [-0.15, -0.1) is 0 Å². The van der Waals surface area contributed by atoms with E-state index in [1.54, 1.807) is 33.8 Å². The number of anilines is 1. The van der Waals surface area contributed by atoms with E-state index in [4.69, 9.17) is 9.26 Å². The van der Waals surface area contributed by atoms with Crippen LogP contribution < -0.4 is 5.32 Å². The summed E-state index contributed by atoms with van der Waals surface area (Å²) in [6.45, 7) is 6.81. The van der Waals surface area contributed by atoms with Gasteiger partial charge in [0.25, 0.3) is 5.91 Å². The molecule has 1 amide bonds. The minimum absolute atomic E-state index is 0.0710. The van der Waals surface area contributed by atoms with E-state index < -0.39 is 28.5 Å². The molecule has 2 aromatic rings. The molecule has 0 aliphatic rings. The van der Waals surface area contributed by atoms with Crippen molar-refractivity contribution in [1.82, 2.24) is 9.46 Å². The summed E-state index contributed by atoms with van der Waals surface area (Å²) in [7, 11) is -3.65. The first kappa shape index (κ1) is 21.6. The first-order chi connectivity index (χ1) is 13.2. The Morgan fingerprint density at radius 1 is 1.21 bits per heavy atom. The molecule has 0 unspecified atom stereocenters. The molecule has 0 radical (unpaired) electrons. The maximum Gasteiger partial charge on any atom is 0.344 e. The van der Waals surface area contributed by atoms with Crippen LogP contribution in [-0.2, 0) is 19.6 Å². The molecule has 0 saturated carbocycles. The van der Waals surface area contributed by atoms with E-state index >= 15 is 0 Å². The molecule has 152 valence electrons. The normalized spacial score (nSPS) is 11.5. The molecule has 1 aromatic carbocycles. The van der Waals surface area contributed by atoms with Crippen LogP contribution in [0.1, 0.15) is 35.7 Å². The number of esters is 1. The van der Waals surface area contributed by atoms with E-state index in [9.17, 15) is 18.0 Å². The molecule has 2 rings (SSSR count). The summed E-state index contributed by atoms with van der Waals surface area (Å²) in [5.74, 6) is -1.01. The summed E-state index contributed by atoms with van der Waals surface area (Å²) >= 11 is 0. The largest absolute Gasteiger partial charge is 0.452 e. The lowest BCUT2D eigenvalue weighted by atomic mass is 10.2. The molecule has 0 spiro atoms. The SMILES string of the molecule is CCN(CC)S(=O)(=O)c1cccc(NC(=O)COC(=O)c2c(C)noc2C)c1. The molecule has 1 N–H and O–H groups in total. The van der Waals surface area contributed by atoms with Gasteiger partial charge >= 0.3 is 5.97 Å². The van der Waals surface area contributed by atoms with Crippen LogP contribution in [-0.4, -0.2) is 49.5 Å². The van der Waals surface area contributed by atoms with E-state index in [1.165, 1.54) is 22.5 Å². The number of benzene rings is 1. The summed E-state index contributed by atoms with van der Waals surface area (Å²) in [6, 6.07) is 5.90. The third-order valence-electron chi connectivity index (χ3n) is 4.03. The summed E-state index contributed by atoms with van der Waals surface area (Å²) < 4.78 is 36.3. The lowest BCUT2D eigenvalue weighted by Gasteiger charge is -2.18. The van der Waals surface area contributed by atoms with Crippen molar-refractivity contribution in [3.63, 3.8) is 0 Å². The van der Waals surface area contributed by atoms with Gasteiger partial charge in [-0.25, -0.2) is 13.2 Å². The maximum absolute atomic E-state index is 12.6. The average molecular weight is 409 g/mol. The molecule has 0 bridgehead atoms. The number of aryl methyl sites for hydroxylation is 2. The summed E-state index contributed by atoms with van der Waals surface area (Å²) in [4.78, 5) is 24.2. The highest BCUT2D eigenvalue weighted by atomic mass is 32.2. The lowest BCUT2D eigenvalue weighted by Crippen LogP contribution is -2.30. The topological polar surface area (TPSA) is 119 Å².